The van der Waals surface area contributed by atoms with Gasteiger partial charge in [0.05, 0.1) is 0 Å². The Bertz CT molecular complexity index is 474. The first kappa shape index (κ1) is 16.6. The van der Waals surface area contributed by atoms with Crippen LogP contribution in [0.5, 0.6) is 0 Å². The molecule has 0 unspecified atom stereocenters. The van der Waals surface area contributed by atoms with Crippen molar-refractivity contribution >= 4 is 5.97 Å². The summed E-state index contributed by atoms with van der Waals surface area (Å²) in [6.45, 7) is 9.69. The van der Waals surface area contributed by atoms with E-state index in [1.165, 1.54) is 12.1 Å². The fourth-order valence-electron chi connectivity index (χ4n) is 2.79. The van der Waals surface area contributed by atoms with Crippen molar-refractivity contribution in [2.45, 2.75) is 52.6 Å². The third-order valence-corrected chi connectivity index (χ3v) is 3.73. The van der Waals surface area contributed by atoms with E-state index in [4.69, 9.17) is 5.11 Å². The van der Waals surface area contributed by atoms with Gasteiger partial charge in [-0.2, -0.15) is 0 Å². The summed E-state index contributed by atoms with van der Waals surface area (Å²) in [5, 5.41) is 12.1. The number of carbonyl (C=O) groups is 1. The van der Waals surface area contributed by atoms with Crippen LogP contribution in [0.3, 0.4) is 0 Å². The van der Waals surface area contributed by atoms with Gasteiger partial charge in [0.15, 0.2) is 0 Å². The van der Waals surface area contributed by atoms with E-state index in [2.05, 4.69) is 19.2 Å². The van der Waals surface area contributed by atoms with Crippen LogP contribution in [0.2, 0.25) is 0 Å². The Balaban J connectivity index is 3.02. The van der Waals surface area contributed by atoms with E-state index in [1.54, 1.807) is 13.0 Å². The van der Waals surface area contributed by atoms with E-state index >= 15 is 0 Å². The quantitative estimate of drug-likeness (QED) is 0.841. The number of nitrogens with one attached hydrogen (secondary N) is 1. The van der Waals surface area contributed by atoms with Gasteiger partial charge < -0.3 is 10.4 Å². The number of halogens is 1. The van der Waals surface area contributed by atoms with Gasteiger partial charge in [0.25, 0.3) is 0 Å². The van der Waals surface area contributed by atoms with Crippen molar-refractivity contribution in [3.05, 3.63) is 35.1 Å². The number of carboxylic acid groups (broad SMARTS) is 1. The second-order valence-corrected chi connectivity index (χ2v) is 5.79. The van der Waals surface area contributed by atoms with E-state index < -0.39 is 12.0 Å². The Labute approximate surface area is 120 Å². The van der Waals surface area contributed by atoms with Crippen molar-refractivity contribution in [1.82, 2.24) is 5.32 Å². The molecule has 0 radical (unpaired) electrons. The molecule has 0 amide bonds. The number of carboxylic acids is 1. The van der Waals surface area contributed by atoms with Crippen LogP contribution in [0.15, 0.2) is 18.2 Å². The average molecular weight is 281 g/mol. The summed E-state index contributed by atoms with van der Waals surface area (Å²) in [4.78, 5) is 11.0. The predicted octanol–water partition coefficient (Wildman–Crippen LogP) is 3.32. The number of benzene rings is 1. The number of rotatable bonds is 6. The van der Waals surface area contributed by atoms with Crippen LogP contribution in [-0.2, 0) is 4.79 Å². The Morgan fingerprint density at radius 2 is 1.85 bits per heavy atom. The molecular weight excluding hydrogens is 257 g/mol. The minimum absolute atomic E-state index is 0.00902. The number of aryl methyl sites for hydroxylation is 1. The van der Waals surface area contributed by atoms with Crippen LogP contribution in [0.1, 0.15) is 44.7 Å². The molecule has 0 spiro atoms. The van der Waals surface area contributed by atoms with Crippen molar-refractivity contribution in [2.24, 2.45) is 5.92 Å². The van der Waals surface area contributed by atoms with E-state index in [-0.39, 0.29) is 17.8 Å². The molecule has 1 aromatic rings. The molecule has 2 N–H and O–H groups in total. The summed E-state index contributed by atoms with van der Waals surface area (Å²) in [6, 6.07) is 4.18. The van der Waals surface area contributed by atoms with Gasteiger partial charge in [-0.1, -0.05) is 19.9 Å². The van der Waals surface area contributed by atoms with Crippen LogP contribution >= 0.6 is 0 Å². The Morgan fingerprint density at radius 3 is 2.30 bits per heavy atom. The predicted molar refractivity (Wildman–Crippen MR) is 78.4 cm³/mol. The Morgan fingerprint density at radius 1 is 1.25 bits per heavy atom. The molecular formula is C16H24FNO2. The molecule has 0 heterocycles. The first-order valence-electron chi connectivity index (χ1n) is 6.99. The van der Waals surface area contributed by atoms with Crippen LogP contribution in [0, 0.1) is 18.7 Å². The molecule has 3 nitrogen and oxygen atoms in total. The molecule has 0 bridgehead atoms. The lowest BCUT2D eigenvalue weighted by Gasteiger charge is -2.31. The summed E-state index contributed by atoms with van der Waals surface area (Å²) in [6.07, 6.45) is 0. The van der Waals surface area contributed by atoms with Crippen LogP contribution in [0.25, 0.3) is 0 Å². The fraction of sp³-hybridized carbons (Fsp3) is 0.562. The summed E-state index contributed by atoms with van der Waals surface area (Å²) in [5.74, 6) is -0.650. The molecule has 0 aliphatic carbocycles. The third kappa shape index (κ3) is 4.04. The molecule has 112 valence electrons. The monoisotopic (exact) mass is 281 g/mol. The van der Waals surface area contributed by atoms with E-state index in [0.29, 0.717) is 5.92 Å². The van der Waals surface area contributed by atoms with Crippen molar-refractivity contribution in [3.63, 3.8) is 0 Å². The fourth-order valence-corrected chi connectivity index (χ4v) is 2.79. The summed E-state index contributed by atoms with van der Waals surface area (Å²) in [7, 11) is 0. The van der Waals surface area contributed by atoms with Gasteiger partial charge in [0, 0.05) is 12.0 Å². The SMILES string of the molecule is Cc1cc(F)ccc1[C@H](C(C)C)[C@H](C)N[C@@H](C)C(=O)O. The smallest absolute Gasteiger partial charge is 0.320 e. The van der Waals surface area contributed by atoms with Gasteiger partial charge in [-0.25, -0.2) is 4.39 Å². The largest absolute Gasteiger partial charge is 0.480 e. The van der Waals surface area contributed by atoms with Gasteiger partial charge in [-0.3, -0.25) is 4.79 Å². The molecule has 0 aliphatic heterocycles. The molecule has 20 heavy (non-hydrogen) atoms. The highest BCUT2D eigenvalue weighted by atomic mass is 19.1. The molecule has 3 atom stereocenters. The molecule has 4 heteroatoms. The first-order chi connectivity index (χ1) is 9.23. The molecule has 0 saturated heterocycles. The standard InChI is InChI=1S/C16H24FNO2/c1-9(2)15(11(4)18-12(5)16(19)20)14-7-6-13(17)8-10(14)3/h6-9,11-12,15,18H,1-5H3,(H,19,20)/t11-,12-,15+/m0/s1. The zero-order valence-electron chi connectivity index (χ0n) is 12.8. The first-order valence-corrected chi connectivity index (χ1v) is 6.99. The summed E-state index contributed by atoms with van der Waals surface area (Å²) in [5.41, 5.74) is 1.97. The zero-order chi connectivity index (χ0) is 15.4. The van der Waals surface area contributed by atoms with E-state index in [0.717, 1.165) is 11.1 Å². The Kier molecular flexibility index (Phi) is 5.69. The minimum atomic E-state index is -0.866. The molecule has 0 aromatic heterocycles. The normalized spacial score (nSPS) is 15.9. The zero-order valence-corrected chi connectivity index (χ0v) is 12.8. The average Bonchev–Trinajstić information content (AvgIpc) is 2.31. The Hall–Kier alpha value is -1.42. The van der Waals surface area contributed by atoms with Gasteiger partial charge in [0.2, 0.25) is 0 Å². The number of aliphatic carboxylic acids is 1. The maximum Gasteiger partial charge on any atom is 0.320 e. The molecule has 0 saturated carbocycles. The topological polar surface area (TPSA) is 49.3 Å². The highest BCUT2D eigenvalue weighted by molar-refractivity contribution is 5.72. The maximum absolute atomic E-state index is 13.2. The van der Waals surface area contributed by atoms with Gasteiger partial charge in [-0.05, 0) is 49.9 Å². The highest BCUT2D eigenvalue weighted by Crippen LogP contribution is 2.31. The molecule has 1 rings (SSSR count). The van der Waals surface area contributed by atoms with Gasteiger partial charge >= 0.3 is 5.97 Å². The summed E-state index contributed by atoms with van der Waals surface area (Å²) >= 11 is 0. The van der Waals surface area contributed by atoms with Crippen molar-refractivity contribution in [1.29, 1.82) is 0 Å². The summed E-state index contributed by atoms with van der Waals surface area (Å²) < 4.78 is 13.2. The lowest BCUT2D eigenvalue weighted by atomic mass is 9.81. The van der Waals surface area contributed by atoms with Crippen LogP contribution in [0.4, 0.5) is 4.39 Å². The molecule has 1 aromatic carbocycles. The van der Waals surface area contributed by atoms with E-state index in [1.807, 2.05) is 13.8 Å². The molecule has 0 fully saturated rings. The number of hydrogen-bond acceptors (Lipinski definition) is 2. The van der Waals surface area contributed by atoms with Crippen LogP contribution < -0.4 is 5.32 Å². The number of hydrogen-bond donors (Lipinski definition) is 2. The minimum Gasteiger partial charge on any atom is -0.480 e. The molecule has 0 aliphatic rings. The maximum atomic E-state index is 13.2. The van der Waals surface area contributed by atoms with Gasteiger partial charge in [-0.15, -0.1) is 0 Å². The van der Waals surface area contributed by atoms with Crippen LogP contribution in [-0.4, -0.2) is 23.2 Å². The van der Waals surface area contributed by atoms with E-state index in [9.17, 15) is 9.18 Å². The lowest BCUT2D eigenvalue weighted by molar-refractivity contribution is -0.139. The van der Waals surface area contributed by atoms with Crippen molar-refractivity contribution < 1.29 is 14.3 Å². The second-order valence-electron chi connectivity index (χ2n) is 5.79. The van der Waals surface area contributed by atoms with Crippen molar-refractivity contribution in [3.8, 4) is 0 Å². The lowest BCUT2D eigenvalue weighted by Crippen LogP contribution is -2.44. The highest BCUT2D eigenvalue weighted by Gasteiger charge is 2.26. The van der Waals surface area contributed by atoms with Crippen molar-refractivity contribution in [2.75, 3.05) is 0 Å². The van der Waals surface area contributed by atoms with Gasteiger partial charge in [0.1, 0.15) is 11.9 Å². The second kappa shape index (κ2) is 6.84. The third-order valence-electron chi connectivity index (χ3n) is 3.73.